The van der Waals surface area contributed by atoms with E-state index in [1.54, 1.807) is 4.57 Å². The Morgan fingerprint density at radius 2 is 1.95 bits per heavy atom. The van der Waals surface area contributed by atoms with Crippen LogP contribution in [0.2, 0.25) is 0 Å². The number of carbonyl (C=O) groups excluding carboxylic acids is 1. The molecule has 2 aliphatic rings. The molecule has 0 radical (unpaired) electrons. The lowest BCUT2D eigenvalue weighted by atomic mass is 10.3. The van der Waals surface area contributed by atoms with Gasteiger partial charge in [0, 0.05) is 39.3 Å². The van der Waals surface area contributed by atoms with Crippen molar-refractivity contribution in [3.05, 3.63) is 17.2 Å². The largest absolute Gasteiger partial charge is 0.330 e. The third-order valence-electron chi connectivity index (χ3n) is 4.04. The number of fused-ring (bicyclic) bond motifs is 1. The van der Waals surface area contributed by atoms with Gasteiger partial charge in [-0.15, -0.1) is 0 Å². The second-order valence-electron chi connectivity index (χ2n) is 5.32. The first-order valence-corrected chi connectivity index (χ1v) is 6.94. The number of rotatable bonds is 3. The molecule has 0 bridgehead atoms. The van der Waals surface area contributed by atoms with Gasteiger partial charge in [0.25, 0.3) is 0 Å². The summed E-state index contributed by atoms with van der Waals surface area (Å²) in [5.41, 5.74) is 2.04. The van der Waals surface area contributed by atoms with Crippen molar-refractivity contribution in [2.45, 2.75) is 20.4 Å². The summed E-state index contributed by atoms with van der Waals surface area (Å²) in [6.45, 7) is 10.6. The average molecular weight is 263 g/mol. The normalized spacial score (nSPS) is 20.1. The summed E-state index contributed by atoms with van der Waals surface area (Å²) in [5, 5.41) is 3.34. The Morgan fingerprint density at radius 3 is 2.63 bits per heavy atom. The molecular weight excluding hydrogens is 242 g/mol. The Kier molecular flexibility index (Phi) is 3.28. The van der Waals surface area contributed by atoms with Crippen molar-refractivity contribution in [3.8, 4) is 0 Å². The van der Waals surface area contributed by atoms with E-state index in [9.17, 15) is 4.79 Å². The van der Waals surface area contributed by atoms with Gasteiger partial charge in [-0.1, -0.05) is 0 Å². The van der Waals surface area contributed by atoms with E-state index in [1.807, 2.05) is 18.7 Å². The zero-order valence-corrected chi connectivity index (χ0v) is 11.6. The van der Waals surface area contributed by atoms with E-state index in [4.69, 9.17) is 0 Å². The number of amides is 1. The molecule has 1 N–H and O–H groups in total. The minimum Gasteiger partial charge on any atom is -0.317 e. The molecule has 0 unspecified atom stereocenters. The van der Waals surface area contributed by atoms with E-state index in [1.165, 1.54) is 0 Å². The highest BCUT2D eigenvalue weighted by atomic mass is 16.2. The summed E-state index contributed by atoms with van der Waals surface area (Å²) in [6.07, 6.45) is 0. The maximum Gasteiger partial charge on any atom is 0.330 e. The molecule has 1 amide bonds. The fraction of sp³-hybridized carbons (Fsp3) is 0.692. The van der Waals surface area contributed by atoms with E-state index in [2.05, 4.69) is 15.2 Å². The first-order valence-electron chi connectivity index (χ1n) is 6.94. The SMILES string of the molecule is Cc1nc(C)n2c1CN(CCN1CCNCC1)C2=O. The lowest BCUT2D eigenvalue weighted by molar-refractivity contribution is 0.184. The third kappa shape index (κ3) is 2.26. The van der Waals surface area contributed by atoms with E-state index < -0.39 is 0 Å². The van der Waals surface area contributed by atoms with Crippen molar-refractivity contribution < 1.29 is 4.79 Å². The molecule has 104 valence electrons. The number of nitrogens with one attached hydrogen (secondary N) is 1. The molecule has 1 fully saturated rings. The number of carbonyl (C=O) groups is 1. The van der Waals surface area contributed by atoms with Crippen molar-refractivity contribution in [2.24, 2.45) is 0 Å². The van der Waals surface area contributed by atoms with Crippen molar-refractivity contribution in [3.63, 3.8) is 0 Å². The van der Waals surface area contributed by atoms with Gasteiger partial charge in [-0.05, 0) is 13.8 Å². The van der Waals surface area contributed by atoms with Gasteiger partial charge in [-0.2, -0.15) is 0 Å². The first kappa shape index (κ1) is 12.6. The monoisotopic (exact) mass is 263 g/mol. The van der Waals surface area contributed by atoms with E-state index in [0.717, 1.165) is 56.5 Å². The second kappa shape index (κ2) is 4.94. The molecule has 6 nitrogen and oxygen atoms in total. The highest BCUT2D eigenvalue weighted by molar-refractivity contribution is 5.81. The minimum atomic E-state index is 0.0863. The van der Waals surface area contributed by atoms with Crippen molar-refractivity contribution in [2.75, 3.05) is 39.3 Å². The summed E-state index contributed by atoms with van der Waals surface area (Å²) in [6, 6.07) is 0.0863. The molecule has 0 aliphatic carbocycles. The van der Waals surface area contributed by atoms with Gasteiger partial charge in [-0.3, -0.25) is 9.47 Å². The standard InChI is InChI=1S/C13H21N5O/c1-10-12-9-17(13(19)18(12)11(2)15-10)8-7-16-5-3-14-4-6-16/h14H,3-9H2,1-2H3. The quantitative estimate of drug-likeness (QED) is 0.846. The molecule has 0 spiro atoms. The number of piperazine rings is 1. The number of aromatic nitrogens is 2. The van der Waals surface area contributed by atoms with Crippen LogP contribution in [0.25, 0.3) is 0 Å². The van der Waals surface area contributed by atoms with Gasteiger partial charge in [0.2, 0.25) is 0 Å². The fourth-order valence-electron chi connectivity index (χ4n) is 2.91. The van der Waals surface area contributed by atoms with E-state index >= 15 is 0 Å². The smallest absolute Gasteiger partial charge is 0.317 e. The Balaban J connectivity index is 1.62. The van der Waals surface area contributed by atoms with Crippen LogP contribution in [0.4, 0.5) is 4.79 Å². The molecular formula is C13H21N5O. The molecule has 1 saturated heterocycles. The lowest BCUT2D eigenvalue weighted by Crippen LogP contribution is -2.46. The summed E-state index contributed by atoms with van der Waals surface area (Å²) in [4.78, 5) is 21.0. The maximum absolute atomic E-state index is 12.3. The molecule has 0 atom stereocenters. The number of hydrogen-bond donors (Lipinski definition) is 1. The average Bonchev–Trinajstić information content (AvgIpc) is 2.88. The molecule has 2 aliphatic heterocycles. The van der Waals surface area contributed by atoms with Crippen LogP contribution in [0.1, 0.15) is 17.2 Å². The predicted octanol–water partition coefficient (Wildman–Crippen LogP) is 0.189. The van der Waals surface area contributed by atoms with Crippen LogP contribution in [-0.2, 0) is 6.54 Å². The topological polar surface area (TPSA) is 53.4 Å². The van der Waals surface area contributed by atoms with E-state index in [-0.39, 0.29) is 6.03 Å². The predicted molar refractivity (Wildman–Crippen MR) is 72.2 cm³/mol. The molecule has 1 aromatic heterocycles. The Bertz CT molecular complexity index is 489. The van der Waals surface area contributed by atoms with Crippen LogP contribution in [0, 0.1) is 13.8 Å². The summed E-state index contributed by atoms with van der Waals surface area (Å²) in [5.74, 6) is 0.808. The number of aryl methyl sites for hydroxylation is 2. The Hall–Kier alpha value is -1.40. The summed E-state index contributed by atoms with van der Waals surface area (Å²) in [7, 11) is 0. The number of imidazole rings is 1. The number of nitrogens with zero attached hydrogens (tertiary/aromatic N) is 4. The summed E-state index contributed by atoms with van der Waals surface area (Å²) >= 11 is 0. The van der Waals surface area contributed by atoms with Gasteiger partial charge in [-0.25, -0.2) is 9.78 Å². The van der Waals surface area contributed by atoms with E-state index in [0.29, 0.717) is 6.54 Å². The van der Waals surface area contributed by atoms with Crippen molar-refractivity contribution >= 4 is 6.03 Å². The molecule has 0 saturated carbocycles. The van der Waals surface area contributed by atoms with Crippen molar-refractivity contribution in [1.82, 2.24) is 24.7 Å². The summed E-state index contributed by atoms with van der Waals surface area (Å²) < 4.78 is 1.76. The van der Waals surface area contributed by atoms with Crippen molar-refractivity contribution in [1.29, 1.82) is 0 Å². The third-order valence-corrected chi connectivity index (χ3v) is 4.04. The van der Waals surface area contributed by atoms with Gasteiger partial charge in [0.05, 0.1) is 17.9 Å². The molecule has 1 aromatic rings. The molecule has 3 heterocycles. The second-order valence-corrected chi connectivity index (χ2v) is 5.32. The Morgan fingerprint density at radius 1 is 1.21 bits per heavy atom. The highest BCUT2D eigenvalue weighted by Crippen LogP contribution is 2.21. The fourth-order valence-corrected chi connectivity index (χ4v) is 2.91. The molecule has 6 heteroatoms. The minimum absolute atomic E-state index is 0.0863. The zero-order chi connectivity index (χ0) is 13.4. The van der Waals surface area contributed by atoms with Crippen LogP contribution in [0.3, 0.4) is 0 Å². The Labute approximate surface area is 113 Å². The molecule has 19 heavy (non-hydrogen) atoms. The van der Waals surface area contributed by atoms with Crippen LogP contribution in [-0.4, -0.2) is 64.7 Å². The molecule has 0 aromatic carbocycles. The lowest BCUT2D eigenvalue weighted by Gasteiger charge is -2.28. The van der Waals surface area contributed by atoms with Crippen LogP contribution in [0.15, 0.2) is 0 Å². The van der Waals surface area contributed by atoms with Crippen LogP contribution >= 0.6 is 0 Å². The van der Waals surface area contributed by atoms with Gasteiger partial charge in [0.15, 0.2) is 0 Å². The highest BCUT2D eigenvalue weighted by Gasteiger charge is 2.30. The van der Waals surface area contributed by atoms with Crippen LogP contribution in [0.5, 0.6) is 0 Å². The van der Waals surface area contributed by atoms with Gasteiger partial charge >= 0.3 is 6.03 Å². The number of hydrogen-bond acceptors (Lipinski definition) is 4. The van der Waals surface area contributed by atoms with Gasteiger partial charge in [0.1, 0.15) is 5.82 Å². The first-order chi connectivity index (χ1) is 9.16. The zero-order valence-electron chi connectivity index (χ0n) is 11.6. The van der Waals surface area contributed by atoms with Gasteiger partial charge < -0.3 is 10.2 Å². The van der Waals surface area contributed by atoms with Crippen LogP contribution < -0.4 is 5.32 Å². The maximum atomic E-state index is 12.3. The molecule has 3 rings (SSSR count).